The van der Waals surface area contributed by atoms with E-state index in [1.54, 1.807) is 30.9 Å². The van der Waals surface area contributed by atoms with E-state index in [9.17, 15) is 13.6 Å². The van der Waals surface area contributed by atoms with Gasteiger partial charge in [-0.1, -0.05) is 6.07 Å². The number of piperidine rings is 1. The third-order valence-corrected chi connectivity index (χ3v) is 4.43. The van der Waals surface area contributed by atoms with E-state index in [1.165, 1.54) is 6.07 Å². The van der Waals surface area contributed by atoms with Crippen molar-refractivity contribution in [3.8, 4) is 0 Å². The molecule has 136 valence electrons. The molecular weight excluding hydrogens is 350 g/mol. The van der Waals surface area contributed by atoms with Crippen LogP contribution < -0.4 is 10.6 Å². The highest BCUT2D eigenvalue weighted by atomic mass is 35.5. The largest absolute Gasteiger partial charge is 0.347 e. The number of carbonyl (C=O) groups excluding carboxylic acids is 1. The van der Waals surface area contributed by atoms with Crippen LogP contribution in [0.3, 0.4) is 0 Å². The Morgan fingerprint density at radius 1 is 1.36 bits per heavy atom. The lowest BCUT2D eigenvalue weighted by Gasteiger charge is -2.33. The summed E-state index contributed by atoms with van der Waals surface area (Å²) in [7, 11) is 1.76. The van der Waals surface area contributed by atoms with Crippen LogP contribution in [-0.2, 0) is 7.05 Å². The van der Waals surface area contributed by atoms with Gasteiger partial charge in [-0.15, -0.1) is 12.4 Å². The molecule has 1 aliphatic heterocycles. The van der Waals surface area contributed by atoms with Gasteiger partial charge >= 0.3 is 0 Å². The van der Waals surface area contributed by atoms with Crippen molar-refractivity contribution in [2.24, 2.45) is 7.05 Å². The minimum atomic E-state index is -0.862. The van der Waals surface area contributed by atoms with Crippen molar-refractivity contribution in [2.75, 3.05) is 13.1 Å². The molecule has 0 aliphatic carbocycles. The maximum absolute atomic E-state index is 13.6. The van der Waals surface area contributed by atoms with E-state index in [1.807, 2.05) is 0 Å². The molecule has 1 saturated heterocycles. The lowest BCUT2D eigenvalue weighted by atomic mass is 9.86. The molecule has 3 rings (SSSR count). The molecule has 1 amide bonds. The fraction of sp³-hybridized carbons (Fsp3) is 0.412. The maximum atomic E-state index is 13.6. The van der Waals surface area contributed by atoms with Crippen LogP contribution in [0.25, 0.3) is 0 Å². The van der Waals surface area contributed by atoms with Gasteiger partial charge in [0.1, 0.15) is 0 Å². The highest BCUT2D eigenvalue weighted by molar-refractivity contribution is 5.95. The Labute approximate surface area is 151 Å². The Bertz CT molecular complexity index is 765. The summed E-state index contributed by atoms with van der Waals surface area (Å²) >= 11 is 0. The number of nitrogens with zero attached hydrogens (tertiary/aromatic N) is 2. The molecule has 8 heteroatoms. The van der Waals surface area contributed by atoms with Gasteiger partial charge in [-0.2, -0.15) is 5.10 Å². The first kappa shape index (κ1) is 19.3. The number of amides is 1. The summed E-state index contributed by atoms with van der Waals surface area (Å²) < 4.78 is 28.3. The summed E-state index contributed by atoms with van der Waals surface area (Å²) in [6, 6.07) is 3.75. The molecule has 2 N–H and O–H groups in total. The Morgan fingerprint density at radius 2 is 2.12 bits per heavy atom. The lowest BCUT2D eigenvalue weighted by molar-refractivity contribution is 0.0923. The van der Waals surface area contributed by atoms with Gasteiger partial charge in [0.05, 0.1) is 11.3 Å². The molecule has 1 aromatic carbocycles. The predicted molar refractivity (Wildman–Crippen MR) is 93.0 cm³/mol. The quantitative estimate of drug-likeness (QED) is 0.871. The number of aryl methyl sites for hydroxylation is 2. The van der Waals surface area contributed by atoms with E-state index in [0.717, 1.165) is 19.0 Å². The van der Waals surface area contributed by atoms with Gasteiger partial charge in [0.25, 0.3) is 5.91 Å². The molecule has 0 bridgehead atoms. The van der Waals surface area contributed by atoms with Crippen molar-refractivity contribution in [3.63, 3.8) is 0 Å². The molecule has 25 heavy (non-hydrogen) atoms. The predicted octanol–water partition coefficient (Wildman–Crippen LogP) is 2.30. The van der Waals surface area contributed by atoms with Gasteiger partial charge in [-0.05, 0) is 37.6 Å². The van der Waals surface area contributed by atoms with E-state index in [0.29, 0.717) is 23.4 Å². The van der Waals surface area contributed by atoms with Crippen LogP contribution in [-0.4, -0.2) is 34.8 Å². The molecule has 1 fully saturated rings. The Hall–Kier alpha value is -1.99. The number of hydrogen-bond acceptors (Lipinski definition) is 3. The van der Waals surface area contributed by atoms with Crippen LogP contribution in [0.15, 0.2) is 24.4 Å². The van der Waals surface area contributed by atoms with Crippen LogP contribution in [0.4, 0.5) is 8.78 Å². The normalized spacial score (nSPS) is 20.0. The highest BCUT2D eigenvalue weighted by Gasteiger charge is 2.29. The average molecular weight is 371 g/mol. The topological polar surface area (TPSA) is 59.0 Å². The zero-order valence-corrected chi connectivity index (χ0v) is 14.9. The van der Waals surface area contributed by atoms with Gasteiger partial charge in [0.2, 0.25) is 0 Å². The van der Waals surface area contributed by atoms with E-state index in [4.69, 9.17) is 0 Å². The molecule has 5 nitrogen and oxygen atoms in total. The summed E-state index contributed by atoms with van der Waals surface area (Å²) in [6.45, 7) is 3.12. The first-order valence-corrected chi connectivity index (χ1v) is 7.92. The molecule has 0 spiro atoms. The summed E-state index contributed by atoms with van der Waals surface area (Å²) in [5.74, 6) is -2.00. The van der Waals surface area contributed by atoms with Gasteiger partial charge in [0, 0.05) is 31.7 Å². The number of nitrogens with one attached hydrogen (secondary N) is 2. The summed E-state index contributed by atoms with van der Waals surface area (Å²) in [5.41, 5.74) is 1.87. The van der Waals surface area contributed by atoms with Gasteiger partial charge < -0.3 is 10.6 Å². The molecular formula is C17H21ClF2N4O. The second-order valence-corrected chi connectivity index (χ2v) is 6.15. The number of aromatic nitrogens is 2. The Morgan fingerprint density at radius 3 is 2.76 bits per heavy atom. The van der Waals surface area contributed by atoms with E-state index in [-0.39, 0.29) is 30.3 Å². The molecule has 2 heterocycles. The van der Waals surface area contributed by atoms with Crippen molar-refractivity contribution in [1.29, 1.82) is 0 Å². The van der Waals surface area contributed by atoms with E-state index >= 15 is 0 Å². The number of rotatable bonds is 3. The third kappa shape index (κ3) is 4.16. The molecule has 2 unspecified atom stereocenters. The van der Waals surface area contributed by atoms with Crippen LogP contribution in [0.1, 0.15) is 34.0 Å². The van der Waals surface area contributed by atoms with Crippen LogP contribution in [0, 0.1) is 18.6 Å². The highest BCUT2D eigenvalue weighted by Crippen LogP contribution is 2.27. The smallest absolute Gasteiger partial charge is 0.255 e. The summed E-state index contributed by atoms with van der Waals surface area (Å²) in [4.78, 5) is 12.5. The third-order valence-electron chi connectivity index (χ3n) is 4.43. The number of carbonyl (C=O) groups is 1. The maximum Gasteiger partial charge on any atom is 0.255 e. The first-order valence-electron chi connectivity index (χ1n) is 7.92. The zero-order chi connectivity index (χ0) is 17.3. The van der Waals surface area contributed by atoms with Crippen LogP contribution >= 0.6 is 12.4 Å². The van der Waals surface area contributed by atoms with E-state index < -0.39 is 11.6 Å². The Kier molecular flexibility index (Phi) is 6.13. The second-order valence-electron chi connectivity index (χ2n) is 6.15. The zero-order valence-electron chi connectivity index (χ0n) is 14.1. The average Bonchev–Trinajstić information content (AvgIpc) is 2.89. The lowest BCUT2D eigenvalue weighted by Crippen LogP contribution is -2.50. The van der Waals surface area contributed by atoms with Crippen molar-refractivity contribution in [1.82, 2.24) is 20.4 Å². The molecule has 1 aliphatic rings. The minimum Gasteiger partial charge on any atom is -0.347 e. The Balaban J connectivity index is 0.00000225. The van der Waals surface area contributed by atoms with E-state index in [2.05, 4.69) is 15.7 Å². The first-order chi connectivity index (χ1) is 11.5. The fourth-order valence-corrected chi connectivity index (χ4v) is 3.22. The van der Waals surface area contributed by atoms with Crippen LogP contribution in [0.5, 0.6) is 0 Å². The van der Waals surface area contributed by atoms with Crippen molar-refractivity contribution in [2.45, 2.75) is 25.3 Å². The number of halogens is 3. The molecule has 0 radical (unpaired) electrons. The molecule has 1 aromatic heterocycles. The number of benzene rings is 1. The van der Waals surface area contributed by atoms with Crippen molar-refractivity contribution in [3.05, 3.63) is 52.9 Å². The van der Waals surface area contributed by atoms with Gasteiger partial charge in [-0.3, -0.25) is 9.48 Å². The standard InChI is InChI=1S/C17H20F2N4O.ClH/c1-10-13(9-23(2)22-10)17(24)21-16-8-20-6-5-12(16)11-3-4-14(18)15(19)7-11;/h3-4,7,9,12,16,20H,5-6,8H2,1-2H3,(H,21,24);1H. The fourth-order valence-electron chi connectivity index (χ4n) is 3.22. The van der Waals surface area contributed by atoms with Crippen molar-refractivity contribution < 1.29 is 13.6 Å². The second kappa shape index (κ2) is 7.93. The van der Waals surface area contributed by atoms with Crippen LogP contribution in [0.2, 0.25) is 0 Å². The number of hydrogen-bond donors (Lipinski definition) is 2. The molecule has 2 aromatic rings. The van der Waals surface area contributed by atoms with Gasteiger partial charge in [-0.25, -0.2) is 8.78 Å². The monoisotopic (exact) mass is 370 g/mol. The molecule has 2 atom stereocenters. The minimum absolute atomic E-state index is 0. The van der Waals surface area contributed by atoms with Gasteiger partial charge in [0.15, 0.2) is 11.6 Å². The summed E-state index contributed by atoms with van der Waals surface area (Å²) in [6.07, 6.45) is 2.41. The summed E-state index contributed by atoms with van der Waals surface area (Å²) in [5, 5.41) is 10.4. The SMILES string of the molecule is Cc1nn(C)cc1C(=O)NC1CNCCC1c1ccc(F)c(F)c1.Cl. The molecule has 0 saturated carbocycles. The van der Waals surface area contributed by atoms with Crippen molar-refractivity contribution >= 4 is 18.3 Å².